The van der Waals surface area contributed by atoms with E-state index in [1.807, 2.05) is 18.2 Å². The summed E-state index contributed by atoms with van der Waals surface area (Å²) in [4.78, 5) is 0. The molecule has 0 aliphatic heterocycles. The van der Waals surface area contributed by atoms with Gasteiger partial charge in [-0.25, -0.2) is 0 Å². The second-order valence-corrected chi connectivity index (χ2v) is 4.71. The van der Waals surface area contributed by atoms with Crippen molar-refractivity contribution in [3.8, 4) is 11.5 Å². The maximum atomic E-state index is 5.71. The van der Waals surface area contributed by atoms with Crippen molar-refractivity contribution in [3.63, 3.8) is 0 Å². The van der Waals surface area contributed by atoms with Gasteiger partial charge in [0.15, 0.2) is 11.5 Å². The summed E-state index contributed by atoms with van der Waals surface area (Å²) in [6.07, 6.45) is 3.33. The predicted octanol–water partition coefficient (Wildman–Crippen LogP) is 3.94. The van der Waals surface area contributed by atoms with E-state index < -0.39 is 0 Å². The molecule has 1 aromatic rings. The predicted molar refractivity (Wildman–Crippen MR) is 73.9 cm³/mol. The summed E-state index contributed by atoms with van der Waals surface area (Å²) in [6, 6.07) is 5.77. The van der Waals surface area contributed by atoms with Gasteiger partial charge in [-0.3, -0.25) is 0 Å². The number of para-hydroxylation sites is 1. The number of hydrogen-bond donors (Lipinski definition) is 1. The van der Waals surface area contributed by atoms with Gasteiger partial charge in [-0.2, -0.15) is 12.6 Å². The zero-order valence-corrected chi connectivity index (χ0v) is 11.9. The molecule has 0 bridgehead atoms. The van der Waals surface area contributed by atoms with Crippen molar-refractivity contribution >= 4 is 28.6 Å². The van der Waals surface area contributed by atoms with E-state index in [2.05, 4.69) is 28.6 Å². The summed E-state index contributed by atoms with van der Waals surface area (Å²) in [5.74, 6) is 2.50. The molecule has 1 rings (SSSR count). The largest absolute Gasteiger partial charge is 0.493 e. The third-order valence-corrected chi connectivity index (χ3v) is 3.14. The fraction of sp³-hybridized carbons (Fsp3) is 0.500. The van der Waals surface area contributed by atoms with E-state index in [0.717, 1.165) is 41.0 Å². The highest BCUT2D eigenvalue weighted by Crippen LogP contribution is 2.34. The number of unbranched alkanes of at least 4 members (excludes halogenated alkanes) is 2. The molecule has 0 spiro atoms. The molecular weight excluding hydrogens is 288 g/mol. The highest BCUT2D eigenvalue weighted by molar-refractivity contribution is 9.10. The van der Waals surface area contributed by atoms with E-state index in [1.165, 1.54) is 0 Å². The number of rotatable bonds is 7. The van der Waals surface area contributed by atoms with Crippen LogP contribution in [0.1, 0.15) is 19.3 Å². The van der Waals surface area contributed by atoms with E-state index in [-0.39, 0.29) is 0 Å². The lowest BCUT2D eigenvalue weighted by Crippen LogP contribution is -2.00. The fourth-order valence-corrected chi connectivity index (χ4v) is 2.04. The van der Waals surface area contributed by atoms with Gasteiger partial charge < -0.3 is 9.47 Å². The Bertz CT molecular complexity index is 318. The van der Waals surface area contributed by atoms with Crippen molar-refractivity contribution in [1.82, 2.24) is 0 Å². The van der Waals surface area contributed by atoms with E-state index >= 15 is 0 Å². The molecule has 0 aliphatic carbocycles. The van der Waals surface area contributed by atoms with E-state index in [9.17, 15) is 0 Å². The van der Waals surface area contributed by atoms with Gasteiger partial charge >= 0.3 is 0 Å². The SMILES string of the molecule is COc1cccc(Br)c1OCCCCCS. The van der Waals surface area contributed by atoms with Crippen LogP contribution in [0.4, 0.5) is 0 Å². The summed E-state index contributed by atoms with van der Waals surface area (Å²) in [5, 5.41) is 0. The summed E-state index contributed by atoms with van der Waals surface area (Å²) in [6.45, 7) is 0.715. The highest BCUT2D eigenvalue weighted by atomic mass is 79.9. The maximum absolute atomic E-state index is 5.71. The first kappa shape index (κ1) is 13.7. The lowest BCUT2D eigenvalue weighted by atomic mass is 10.2. The Balaban J connectivity index is 2.46. The average molecular weight is 305 g/mol. The van der Waals surface area contributed by atoms with Crippen molar-refractivity contribution < 1.29 is 9.47 Å². The standard InChI is InChI=1S/C12H17BrO2S/c1-14-11-7-5-6-10(13)12(11)15-8-3-2-4-9-16/h5-7,16H,2-4,8-9H2,1H3. The Morgan fingerprint density at radius 1 is 1.25 bits per heavy atom. The molecule has 0 saturated heterocycles. The monoisotopic (exact) mass is 304 g/mol. The van der Waals surface area contributed by atoms with Gasteiger partial charge in [0.25, 0.3) is 0 Å². The van der Waals surface area contributed by atoms with Crippen LogP contribution in [0.25, 0.3) is 0 Å². The molecule has 0 fully saturated rings. The van der Waals surface area contributed by atoms with E-state index in [1.54, 1.807) is 7.11 Å². The Morgan fingerprint density at radius 2 is 2.06 bits per heavy atom. The van der Waals surface area contributed by atoms with Gasteiger partial charge in [0.1, 0.15) is 0 Å². The van der Waals surface area contributed by atoms with Gasteiger partial charge in [0.05, 0.1) is 18.2 Å². The molecule has 16 heavy (non-hydrogen) atoms. The van der Waals surface area contributed by atoms with Crippen molar-refractivity contribution in [3.05, 3.63) is 22.7 Å². The van der Waals surface area contributed by atoms with Crippen LogP contribution in [0.15, 0.2) is 22.7 Å². The van der Waals surface area contributed by atoms with Gasteiger partial charge in [0, 0.05) is 0 Å². The summed E-state index contributed by atoms with van der Waals surface area (Å²) in [7, 11) is 1.65. The third kappa shape index (κ3) is 4.26. The van der Waals surface area contributed by atoms with Gasteiger partial charge in [-0.15, -0.1) is 0 Å². The molecule has 0 radical (unpaired) electrons. The van der Waals surface area contributed by atoms with Crippen LogP contribution in [0.5, 0.6) is 11.5 Å². The molecule has 0 amide bonds. The molecule has 0 atom stereocenters. The van der Waals surface area contributed by atoms with E-state index in [4.69, 9.17) is 9.47 Å². The molecule has 0 unspecified atom stereocenters. The second kappa shape index (κ2) is 7.85. The van der Waals surface area contributed by atoms with Crippen LogP contribution in [-0.2, 0) is 0 Å². The van der Waals surface area contributed by atoms with Crippen molar-refractivity contribution in [2.24, 2.45) is 0 Å². The lowest BCUT2D eigenvalue weighted by Gasteiger charge is -2.11. The Labute approximate surface area is 111 Å². The topological polar surface area (TPSA) is 18.5 Å². The molecule has 0 aliphatic rings. The zero-order valence-electron chi connectivity index (χ0n) is 9.41. The molecule has 4 heteroatoms. The smallest absolute Gasteiger partial charge is 0.175 e. The first-order valence-electron chi connectivity index (χ1n) is 5.35. The molecular formula is C12H17BrO2S. The number of methoxy groups -OCH3 is 1. The van der Waals surface area contributed by atoms with Crippen LogP contribution in [0, 0.1) is 0 Å². The molecule has 0 N–H and O–H groups in total. The molecule has 0 heterocycles. The first-order valence-corrected chi connectivity index (χ1v) is 6.78. The van der Waals surface area contributed by atoms with Crippen molar-refractivity contribution in [2.75, 3.05) is 19.5 Å². The Hall–Kier alpha value is -0.350. The Kier molecular flexibility index (Phi) is 6.73. The number of thiol groups is 1. The quantitative estimate of drug-likeness (QED) is 0.607. The van der Waals surface area contributed by atoms with Crippen LogP contribution < -0.4 is 9.47 Å². The number of ether oxygens (including phenoxy) is 2. The van der Waals surface area contributed by atoms with Crippen LogP contribution in [0.3, 0.4) is 0 Å². The highest BCUT2D eigenvalue weighted by Gasteiger charge is 2.07. The number of benzene rings is 1. The first-order chi connectivity index (χ1) is 7.79. The second-order valence-electron chi connectivity index (χ2n) is 3.40. The minimum Gasteiger partial charge on any atom is -0.493 e. The van der Waals surface area contributed by atoms with E-state index in [0.29, 0.717) is 6.61 Å². The minimum atomic E-state index is 0.715. The van der Waals surface area contributed by atoms with Crippen LogP contribution in [0.2, 0.25) is 0 Å². The molecule has 2 nitrogen and oxygen atoms in total. The summed E-state index contributed by atoms with van der Waals surface area (Å²) in [5.41, 5.74) is 0. The van der Waals surface area contributed by atoms with Crippen molar-refractivity contribution in [1.29, 1.82) is 0 Å². The van der Waals surface area contributed by atoms with Crippen LogP contribution in [-0.4, -0.2) is 19.5 Å². The zero-order chi connectivity index (χ0) is 11.8. The maximum Gasteiger partial charge on any atom is 0.175 e. The normalized spacial score (nSPS) is 10.2. The fourth-order valence-electron chi connectivity index (χ4n) is 1.35. The molecule has 0 aromatic heterocycles. The molecule has 0 saturated carbocycles. The van der Waals surface area contributed by atoms with Gasteiger partial charge in [0.2, 0.25) is 0 Å². The summed E-state index contributed by atoms with van der Waals surface area (Å²) >= 11 is 7.63. The average Bonchev–Trinajstić information content (AvgIpc) is 2.30. The van der Waals surface area contributed by atoms with Gasteiger partial charge in [-0.1, -0.05) is 6.07 Å². The van der Waals surface area contributed by atoms with Crippen LogP contribution >= 0.6 is 28.6 Å². The molecule has 90 valence electrons. The Morgan fingerprint density at radius 3 is 2.75 bits per heavy atom. The number of halogens is 1. The molecule has 1 aromatic carbocycles. The summed E-state index contributed by atoms with van der Waals surface area (Å²) < 4.78 is 11.9. The third-order valence-electron chi connectivity index (χ3n) is 2.20. The van der Waals surface area contributed by atoms with Crippen molar-refractivity contribution in [2.45, 2.75) is 19.3 Å². The number of hydrogen-bond acceptors (Lipinski definition) is 3. The lowest BCUT2D eigenvalue weighted by molar-refractivity contribution is 0.284. The minimum absolute atomic E-state index is 0.715. The van der Waals surface area contributed by atoms with Gasteiger partial charge in [-0.05, 0) is 53.1 Å².